The molecule has 0 atom stereocenters. The molecule has 2 aromatic carbocycles. The van der Waals surface area contributed by atoms with E-state index in [2.05, 4.69) is 4.98 Å². The summed E-state index contributed by atoms with van der Waals surface area (Å²) in [4.78, 5) is 49.8. The minimum Gasteiger partial charge on any atom is -0.478 e. The summed E-state index contributed by atoms with van der Waals surface area (Å²) in [6.45, 7) is 0. The van der Waals surface area contributed by atoms with Crippen LogP contribution in [0.4, 0.5) is 0 Å². The van der Waals surface area contributed by atoms with Crippen LogP contribution in [0.5, 0.6) is 0 Å². The Hall–Kier alpha value is -3.68. The Morgan fingerprint density at radius 2 is 1.69 bits per heavy atom. The van der Waals surface area contributed by atoms with Crippen molar-refractivity contribution in [2.24, 2.45) is 0 Å². The van der Waals surface area contributed by atoms with Crippen molar-refractivity contribution in [2.75, 3.05) is 0 Å². The SMILES string of the molecule is O=C(O)c1[nH]c(=O)[nH]c(=O)c1CCc1ccc2c(C(=O)O)cccc2c1. The molecule has 1 aromatic heterocycles. The van der Waals surface area contributed by atoms with Crippen LogP contribution in [0.1, 0.15) is 32.0 Å². The number of aromatic carboxylic acids is 2. The number of carboxylic acid groups (broad SMARTS) is 2. The molecule has 0 aliphatic carbocycles. The second-order valence-electron chi connectivity index (χ2n) is 5.73. The number of nitrogens with one attached hydrogen (secondary N) is 2. The molecule has 8 heteroatoms. The molecule has 1 heterocycles. The molecule has 0 saturated carbocycles. The summed E-state index contributed by atoms with van der Waals surface area (Å²) in [6.07, 6.45) is 0.459. The fourth-order valence-corrected chi connectivity index (χ4v) is 2.88. The van der Waals surface area contributed by atoms with Crippen molar-refractivity contribution >= 4 is 22.7 Å². The predicted octanol–water partition coefficient (Wildman–Crippen LogP) is 1.40. The molecule has 3 rings (SSSR count). The van der Waals surface area contributed by atoms with Crippen LogP contribution < -0.4 is 11.2 Å². The van der Waals surface area contributed by atoms with Gasteiger partial charge in [-0.1, -0.05) is 30.3 Å². The normalized spacial score (nSPS) is 10.8. The van der Waals surface area contributed by atoms with Gasteiger partial charge in [0.2, 0.25) is 0 Å². The number of carboxylic acids is 2. The molecule has 8 nitrogen and oxygen atoms in total. The molecule has 26 heavy (non-hydrogen) atoms. The Morgan fingerprint density at radius 3 is 2.38 bits per heavy atom. The maximum Gasteiger partial charge on any atom is 0.352 e. The standard InChI is InChI=1S/C18H14N2O6/c21-15-13(14(17(24)25)19-18(26)20-15)7-5-9-4-6-11-10(8-9)2-1-3-12(11)16(22)23/h1-4,6,8H,5,7H2,(H,22,23)(H,24,25)(H2,19,20,21,26). The minimum atomic E-state index is -1.38. The van der Waals surface area contributed by atoms with Gasteiger partial charge >= 0.3 is 17.6 Å². The molecule has 0 amide bonds. The molecule has 0 radical (unpaired) electrons. The fraction of sp³-hybridized carbons (Fsp3) is 0.111. The monoisotopic (exact) mass is 354 g/mol. The zero-order valence-corrected chi connectivity index (χ0v) is 13.4. The number of rotatable bonds is 5. The van der Waals surface area contributed by atoms with Gasteiger partial charge in [-0.05, 0) is 35.2 Å². The third-order valence-electron chi connectivity index (χ3n) is 4.09. The van der Waals surface area contributed by atoms with Gasteiger partial charge in [0.05, 0.1) is 5.56 Å². The summed E-state index contributed by atoms with van der Waals surface area (Å²) < 4.78 is 0. The molecule has 0 aliphatic heterocycles. The quantitative estimate of drug-likeness (QED) is 0.546. The first kappa shape index (κ1) is 17.2. The molecule has 0 bridgehead atoms. The van der Waals surface area contributed by atoms with E-state index in [1.807, 2.05) is 4.98 Å². The van der Waals surface area contributed by atoms with E-state index in [-0.39, 0.29) is 17.5 Å². The molecule has 0 spiro atoms. The van der Waals surface area contributed by atoms with Gasteiger partial charge in [0, 0.05) is 5.56 Å². The molecule has 0 saturated heterocycles. The van der Waals surface area contributed by atoms with E-state index in [1.165, 1.54) is 6.07 Å². The highest BCUT2D eigenvalue weighted by Gasteiger charge is 2.16. The molecule has 0 aliphatic rings. The highest BCUT2D eigenvalue weighted by Crippen LogP contribution is 2.21. The summed E-state index contributed by atoms with van der Waals surface area (Å²) in [5, 5.41) is 19.7. The number of hydrogen-bond acceptors (Lipinski definition) is 4. The molecule has 0 unspecified atom stereocenters. The number of H-pyrrole nitrogens is 2. The summed E-state index contributed by atoms with van der Waals surface area (Å²) in [5.74, 6) is -2.40. The molecule has 0 fully saturated rings. The van der Waals surface area contributed by atoms with Gasteiger partial charge in [-0.15, -0.1) is 0 Å². The predicted molar refractivity (Wildman–Crippen MR) is 93.0 cm³/mol. The van der Waals surface area contributed by atoms with Crippen LogP contribution in [0.25, 0.3) is 10.8 Å². The summed E-state index contributed by atoms with van der Waals surface area (Å²) in [7, 11) is 0. The number of benzene rings is 2. The smallest absolute Gasteiger partial charge is 0.352 e. The number of fused-ring (bicyclic) bond motifs is 1. The van der Waals surface area contributed by atoms with Gasteiger partial charge in [0.1, 0.15) is 5.69 Å². The van der Waals surface area contributed by atoms with Crippen molar-refractivity contribution in [2.45, 2.75) is 12.8 Å². The number of aryl methyl sites for hydroxylation is 1. The Labute approximate surface area is 145 Å². The maximum absolute atomic E-state index is 11.9. The van der Waals surface area contributed by atoms with Gasteiger partial charge in [0.25, 0.3) is 5.56 Å². The van der Waals surface area contributed by atoms with Crippen molar-refractivity contribution in [1.82, 2.24) is 9.97 Å². The molecular weight excluding hydrogens is 340 g/mol. The lowest BCUT2D eigenvalue weighted by atomic mass is 9.98. The highest BCUT2D eigenvalue weighted by atomic mass is 16.4. The van der Waals surface area contributed by atoms with Gasteiger partial charge in [0.15, 0.2) is 0 Å². The number of aromatic amines is 2. The van der Waals surface area contributed by atoms with Crippen molar-refractivity contribution in [3.8, 4) is 0 Å². The van der Waals surface area contributed by atoms with E-state index in [0.717, 1.165) is 10.9 Å². The summed E-state index contributed by atoms with van der Waals surface area (Å²) in [5.41, 5.74) is -1.05. The number of aromatic nitrogens is 2. The third-order valence-corrected chi connectivity index (χ3v) is 4.09. The van der Waals surface area contributed by atoms with Crippen LogP contribution in [0.2, 0.25) is 0 Å². The second-order valence-corrected chi connectivity index (χ2v) is 5.73. The minimum absolute atomic E-state index is 0.0171. The van der Waals surface area contributed by atoms with Gasteiger partial charge in [-0.2, -0.15) is 0 Å². The van der Waals surface area contributed by atoms with E-state index in [9.17, 15) is 24.3 Å². The average Bonchev–Trinajstić information content (AvgIpc) is 2.59. The van der Waals surface area contributed by atoms with Crippen LogP contribution in [0, 0.1) is 0 Å². The van der Waals surface area contributed by atoms with Crippen LogP contribution >= 0.6 is 0 Å². The van der Waals surface area contributed by atoms with E-state index < -0.39 is 28.9 Å². The second kappa shape index (κ2) is 6.67. The first-order chi connectivity index (χ1) is 12.4. The molecule has 3 aromatic rings. The topological polar surface area (TPSA) is 140 Å². The fourth-order valence-electron chi connectivity index (χ4n) is 2.88. The highest BCUT2D eigenvalue weighted by molar-refractivity contribution is 6.03. The van der Waals surface area contributed by atoms with Gasteiger partial charge in [-0.25, -0.2) is 14.4 Å². The van der Waals surface area contributed by atoms with Gasteiger partial charge in [-0.3, -0.25) is 9.78 Å². The van der Waals surface area contributed by atoms with Crippen LogP contribution in [-0.4, -0.2) is 32.1 Å². The van der Waals surface area contributed by atoms with Crippen molar-refractivity contribution in [3.05, 3.63) is 79.6 Å². The molecule has 132 valence electrons. The maximum atomic E-state index is 11.9. The number of carbonyl (C=O) groups is 2. The first-order valence-corrected chi connectivity index (χ1v) is 7.70. The Morgan fingerprint density at radius 1 is 0.923 bits per heavy atom. The molecular formula is C18H14N2O6. The Kier molecular flexibility index (Phi) is 4.40. The average molecular weight is 354 g/mol. The summed E-state index contributed by atoms with van der Waals surface area (Å²) >= 11 is 0. The Balaban J connectivity index is 1.94. The zero-order valence-electron chi connectivity index (χ0n) is 13.4. The molecule has 4 N–H and O–H groups in total. The summed E-state index contributed by atoms with van der Waals surface area (Å²) in [6, 6.07) is 10.1. The number of hydrogen-bond donors (Lipinski definition) is 4. The van der Waals surface area contributed by atoms with Crippen LogP contribution in [0.3, 0.4) is 0 Å². The lowest BCUT2D eigenvalue weighted by Gasteiger charge is -2.07. The van der Waals surface area contributed by atoms with Crippen LogP contribution in [-0.2, 0) is 12.8 Å². The van der Waals surface area contributed by atoms with E-state index in [4.69, 9.17) is 5.11 Å². The van der Waals surface area contributed by atoms with E-state index >= 15 is 0 Å². The van der Waals surface area contributed by atoms with E-state index in [1.54, 1.807) is 30.3 Å². The van der Waals surface area contributed by atoms with Gasteiger partial charge < -0.3 is 15.2 Å². The van der Waals surface area contributed by atoms with Crippen molar-refractivity contribution < 1.29 is 19.8 Å². The lowest BCUT2D eigenvalue weighted by Crippen LogP contribution is -2.30. The zero-order chi connectivity index (χ0) is 18.8. The van der Waals surface area contributed by atoms with Crippen LogP contribution in [0.15, 0.2) is 46.0 Å². The lowest BCUT2D eigenvalue weighted by molar-refractivity contribution is 0.0681. The van der Waals surface area contributed by atoms with Crippen molar-refractivity contribution in [1.29, 1.82) is 0 Å². The third kappa shape index (κ3) is 3.25. The van der Waals surface area contributed by atoms with Crippen molar-refractivity contribution in [3.63, 3.8) is 0 Å². The Bertz CT molecular complexity index is 1140. The first-order valence-electron chi connectivity index (χ1n) is 7.70. The van der Waals surface area contributed by atoms with E-state index in [0.29, 0.717) is 11.8 Å². The largest absolute Gasteiger partial charge is 0.478 e.